The summed E-state index contributed by atoms with van der Waals surface area (Å²) in [5, 5.41) is 6.69. The lowest BCUT2D eigenvalue weighted by atomic mass is 10.1. The molecule has 2 heterocycles. The van der Waals surface area contributed by atoms with Gasteiger partial charge < -0.3 is 25.2 Å². The number of carbonyl (C=O) groups excluding carboxylic acids is 2. The molecule has 0 aromatic carbocycles. The molecular weight excluding hydrogens is 461 g/mol. The third kappa shape index (κ3) is 8.20. The maximum Gasteiger partial charge on any atom is 0.243 e. The summed E-state index contributed by atoms with van der Waals surface area (Å²) in [6.45, 7) is 4.90. The Hall–Kier alpha value is -1.10. The molecule has 2 N–H and O–H groups in total. The maximum absolute atomic E-state index is 11.9. The van der Waals surface area contributed by atoms with Crippen molar-refractivity contribution in [3.8, 4) is 0 Å². The molecule has 0 aromatic heterocycles. The molecule has 0 radical (unpaired) electrons. The van der Waals surface area contributed by atoms with Crippen molar-refractivity contribution < 1.29 is 14.3 Å². The molecule has 2 amide bonds. The van der Waals surface area contributed by atoms with E-state index in [-0.39, 0.29) is 54.5 Å². The second-order valence-corrected chi connectivity index (χ2v) is 7.15. The van der Waals surface area contributed by atoms with E-state index in [2.05, 4.69) is 15.6 Å². The van der Waals surface area contributed by atoms with Gasteiger partial charge in [-0.1, -0.05) is 6.92 Å². The molecule has 2 fully saturated rings. The summed E-state index contributed by atoms with van der Waals surface area (Å²) in [6.07, 6.45) is 4.94. The number of guanidine groups is 1. The summed E-state index contributed by atoms with van der Waals surface area (Å²) in [6, 6.07) is 0.151. The largest absolute Gasteiger partial charge is 0.376 e. The van der Waals surface area contributed by atoms with Crippen molar-refractivity contribution in [3.05, 3.63) is 0 Å². The molecule has 0 spiro atoms. The van der Waals surface area contributed by atoms with Crippen molar-refractivity contribution in [2.24, 2.45) is 4.99 Å². The average Bonchev–Trinajstić information content (AvgIpc) is 3.12. The van der Waals surface area contributed by atoms with Gasteiger partial charge in [-0.3, -0.25) is 9.59 Å². The van der Waals surface area contributed by atoms with Crippen molar-refractivity contribution in [3.63, 3.8) is 0 Å². The lowest BCUT2D eigenvalue weighted by molar-refractivity contribution is -0.130. The Morgan fingerprint density at radius 2 is 2.04 bits per heavy atom. The molecule has 0 saturated carbocycles. The topological polar surface area (TPSA) is 86.3 Å². The number of hydrogen-bond acceptors (Lipinski definition) is 4. The molecule has 2 unspecified atom stereocenters. The van der Waals surface area contributed by atoms with Gasteiger partial charge in [0.1, 0.15) is 6.54 Å². The van der Waals surface area contributed by atoms with Crippen LogP contribution in [0, 0.1) is 0 Å². The number of ether oxygens (including phenoxy) is 1. The van der Waals surface area contributed by atoms with Gasteiger partial charge in [-0.25, -0.2) is 4.99 Å². The van der Waals surface area contributed by atoms with Gasteiger partial charge in [0, 0.05) is 52.8 Å². The second-order valence-electron chi connectivity index (χ2n) is 7.15. The summed E-state index contributed by atoms with van der Waals surface area (Å²) in [7, 11) is 3.44. The Labute approximate surface area is 179 Å². The quantitative estimate of drug-likeness (QED) is 0.324. The Bertz CT molecular complexity index is 509. The van der Waals surface area contributed by atoms with Crippen LogP contribution in [-0.4, -0.2) is 86.6 Å². The van der Waals surface area contributed by atoms with Crippen LogP contribution >= 0.6 is 24.0 Å². The first-order valence-corrected chi connectivity index (χ1v) is 9.64. The monoisotopic (exact) mass is 495 g/mol. The highest BCUT2D eigenvalue weighted by Gasteiger charge is 2.26. The molecule has 2 aliphatic rings. The van der Waals surface area contributed by atoms with Crippen LogP contribution in [0.5, 0.6) is 0 Å². The Morgan fingerprint density at radius 3 is 2.67 bits per heavy atom. The normalized spacial score (nSPS) is 22.8. The summed E-state index contributed by atoms with van der Waals surface area (Å²) in [5.41, 5.74) is 0. The lowest BCUT2D eigenvalue weighted by Gasteiger charge is -2.25. The lowest BCUT2D eigenvalue weighted by Crippen LogP contribution is -2.48. The van der Waals surface area contributed by atoms with E-state index in [0.29, 0.717) is 25.5 Å². The first-order valence-electron chi connectivity index (χ1n) is 9.64. The highest BCUT2D eigenvalue weighted by Crippen LogP contribution is 2.12. The fraction of sp³-hybridized carbons (Fsp3) is 0.833. The molecule has 0 bridgehead atoms. The molecule has 9 heteroatoms. The zero-order valence-corrected chi connectivity index (χ0v) is 19.0. The summed E-state index contributed by atoms with van der Waals surface area (Å²) in [4.78, 5) is 31.5. The Kier molecular flexibility index (Phi) is 11.0. The van der Waals surface area contributed by atoms with Gasteiger partial charge in [0.05, 0.1) is 6.10 Å². The number of likely N-dealkylation sites (tertiary alicyclic amines) is 1. The van der Waals surface area contributed by atoms with E-state index >= 15 is 0 Å². The van der Waals surface area contributed by atoms with Crippen LogP contribution in [0.25, 0.3) is 0 Å². The predicted molar refractivity (Wildman–Crippen MR) is 116 cm³/mol. The first-order chi connectivity index (χ1) is 12.5. The number of aliphatic imine (C=N–C) groups is 1. The maximum atomic E-state index is 11.9. The zero-order valence-electron chi connectivity index (χ0n) is 16.7. The highest BCUT2D eigenvalue weighted by atomic mass is 127. The van der Waals surface area contributed by atoms with Crippen LogP contribution in [0.3, 0.4) is 0 Å². The van der Waals surface area contributed by atoms with Crippen molar-refractivity contribution in [1.82, 2.24) is 20.4 Å². The van der Waals surface area contributed by atoms with Crippen LogP contribution in [0.4, 0.5) is 0 Å². The van der Waals surface area contributed by atoms with E-state index < -0.39 is 0 Å². The summed E-state index contributed by atoms with van der Waals surface area (Å²) >= 11 is 0. The van der Waals surface area contributed by atoms with Crippen LogP contribution in [0.15, 0.2) is 4.99 Å². The highest BCUT2D eigenvalue weighted by molar-refractivity contribution is 14.0. The minimum absolute atomic E-state index is 0. The number of hydrogen-bond donors (Lipinski definition) is 2. The fourth-order valence-corrected chi connectivity index (χ4v) is 3.14. The third-order valence-corrected chi connectivity index (χ3v) is 4.83. The molecular formula is C18H34IN5O3. The molecule has 2 atom stereocenters. The molecule has 8 nitrogen and oxygen atoms in total. The smallest absolute Gasteiger partial charge is 0.243 e. The van der Waals surface area contributed by atoms with Gasteiger partial charge in [0.15, 0.2) is 5.96 Å². The summed E-state index contributed by atoms with van der Waals surface area (Å²) < 4.78 is 5.75. The molecule has 156 valence electrons. The molecule has 2 rings (SSSR count). The van der Waals surface area contributed by atoms with Gasteiger partial charge in [-0.05, 0) is 25.7 Å². The number of halogens is 1. The number of carbonyl (C=O) groups is 2. The Morgan fingerprint density at radius 1 is 1.26 bits per heavy atom. The number of amides is 2. The van der Waals surface area contributed by atoms with Gasteiger partial charge in [-0.15, -0.1) is 24.0 Å². The van der Waals surface area contributed by atoms with Crippen molar-refractivity contribution in [2.75, 3.05) is 46.9 Å². The minimum atomic E-state index is -0.0470. The van der Waals surface area contributed by atoms with Crippen molar-refractivity contribution in [1.29, 1.82) is 0 Å². The molecule has 27 heavy (non-hydrogen) atoms. The number of rotatable bonds is 6. The first kappa shape index (κ1) is 23.9. The minimum Gasteiger partial charge on any atom is -0.376 e. The number of likely N-dealkylation sites (N-methyl/N-ethyl adjacent to an activating group) is 1. The van der Waals surface area contributed by atoms with E-state index in [0.717, 1.165) is 32.4 Å². The van der Waals surface area contributed by atoms with Gasteiger partial charge in [0.25, 0.3) is 0 Å². The van der Waals surface area contributed by atoms with E-state index in [9.17, 15) is 9.59 Å². The second kappa shape index (κ2) is 12.4. The van der Waals surface area contributed by atoms with Crippen LogP contribution in [0.2, 0.25) is 0 Å². The number of nitrogens with zero attached hydrogens (tertiary/aromatic N) is 3. The van der Waals surface area contributed by atoms with E-state index in [1.54, 1.807) is 14.1 Å². The van der Waals surface area contributed by atoms with Gasteiger partial charge in [0.2, 0.25) is 11.8 Å². The fourth-order valence-electron chi connectivity index (χ4n) is 3.14. The van der Waals surface area contributed by atoms with E-state index in [1.165, 1.54) is 11.3 Å². The zero-order chi connectivity index (χ0) is 18.9. The number of nitrogens with one attached hydrogen (secondary N) is 2. The standard InChI is InChI=1S/C18H33N5O3.HI/c1-4-16(24)23-9-8-14(13-23)21-18(20-12-17(25)22(2)3)19-11-15-7-5-6-10-26-15;/h14-15H,4-13H2,1-3H3,(H2,19,20,21);1H. The summed E-state index contributed by atoms with van der Waals surface area (Å²) in [5.74, 6) is 0.749. The van der Waals surface area contributed by atoms with Gasteiger partial charge in [-0.2, -0.15) is 0 Å². The van der Waals surface area contributed by atoms with Crippen molar-refractivity contribution in [2.45, 2.75) is 51.2 Å². The van der Waals surface area contributed by atoms with Crippen LogP contribution in [0.1, 0.15) is 39.0 Å². The van der Waals surface area contributed by atoms with Gasteiger partial charge >= 0.3 is 0 Å². The third-order valence-electron chi connectivity index (χ3n) is 4.83. The predicted octanol–water partition coefficient (Wildman–Crippen LogP) is 0.808. The Balaban J connectivity index is 0.00000364. The average molecular weight is 495 g/mol. The molecule has 2 aliphatic heterocycles. The van der Waals surface area contributed by atoms with Crippen molar-refractivity contribution >= 4 is 41.8 Å². The van der Waals surface area contributed by atoms with E-state index in [1.807, 2.05) is 11.8 Å². The van der Waals surface area contributed by atoms with Crippen LogP contribution < -0.4 is 10.6 Å². The molecule has 0 aromatic rings. The molecule has 0 aliphatic carbocycles. The molecule has 2 saturated heterocycles. The van der Waals surface area contributed by atoms with E-state index in [4.69, 9.17) is 4.74 Å². The SMILES string of the molecule is CCC(=O)N1CCC(NC(=NCC(=O)N(C)C)NCC2CCCCO2)C1.I. The van der Waals surface area contributed by atoms with Crippen LogP contribution in [-0.2, 0) is 14.3 Å².